The maximum atomic E-state index is 12.0. The van der Waals surface area contributed by atoms with Crippen molar-refractivity contribution in [2.75, 3.05) is 26.8 Å². The van der Waals surface area contributed by atoms with E-state index in [1.807, 2.05) is 24.1 Å². The van der Waals surface area contributed by atoms with Gasteiger partial charge in [-0.2, -0.15) is 0 Å². The van der Waals surface area contributed by atoms with Crippen molar-refractivity contribution >= 4 is 5.97 Å². The number of hydrogen-bond donors (Lipinski definition) is 1. The van der Waals surface area contributed by atoms with Crippen LogP contribution in [0.1, 0.15) is 22.3 Å². The third kappa shape index (κ3) is 4.53. The highest BCUT2D eigenvalue weighted by Crippen LogP contribution is 2.10. The molecule has 3 nitrogen and oxygen atoms in total. The number of carbonyl (C=O) groups is 1. The van der Waals surface area contributed by atoms with Crippen molar-refractivity contribution in [1.82, 2.24) is 4.90 Å². The van der Waals surface area contributed by atoms with Gasteiger partial charge >= 0.3 is 5.97 Å². The number of benzene rings is 1. The van der Waals surface area contributed by atoms with E-state index in [9.17, 15) is 9.18 Å². The maximum Gasteiger partial charge on any atom is 0.335 e. The van der Waals surface area contributed by atoms with Crippen LogP contribution in [0.5, 0.6) is 0 Å². The average Bonchev–Trinajstić information content (AvgIpc) is 2.34. The molecule has 94 valence electrons. The predicted molar refractivity (Wildman–Crippen MR) is 65.2 cm³/mol. The summed E-state index contributed by atoms with van der Waals surface area (Å²) in [6.45, 7) is 1.13. The van der Waals surface area contributed by atoms with Crippen molar-refractivity contribution < 1.29 is 14.3 Å². The second-order valence-electron chi connectivity index (χ2n) is 4.06. The minimum Gasteiger partial charge on any atom is -0.478 e. The van der Waals surface area contributed by atoms with Crippen LogP contribution >= 0.6 is 0 Å². The lowest BCUT2D eigenvalue weighted by Crippen LogP contribution is -2.23. The standard InChI is InChI=1S/C13H18FNO2/c1-15(9-4-8-14)10-7-11-5-2-3-6-12(11)13(16)17/h2-3,5-6H,4,7-10H2,1H3,(H,16,17). The van der Waals surface area contributed by atoms with Gasteiger partial charge in [0, 0.05) is 13.1 Å². The van der Waals surface area contributed by atoms with Gasteiger partial charge in [-0.15, -0.1) is 0 Å². The molecule has 1 aromatic rings. The highest BCUT2D eigenvalue weighted by Gasteiger charge is 2.09. The molecule has 0 aliphatic heterocycles. The Labute approximate surface area is 101 Å². The largest absolute Gasteiger partial charge is 0.478 e. The van der Waals surface area contributed by atoms with Crippen LogP contribution in [-0.4, -0.2) is 42.8 Å². The van der Waals surface area contributed by atoms with Crippen molar-refractivity contribution in [2.24, 2.45) is 0 Å². The lowest BCUT2D eigenvalue weighted by molar-refractivity contribution is 0.0695. The van der Waals surface area contributed by atoms with Crippen molar-refractivity contribution in [3.63, 3.8) is 0 Å². The van der Waals surface area contributed by atoms with E-state index in [1.165, 1.54) is 0 Å². The van der Waals surface area contributed by atoms with Gasteiger partial charge in [0.2, 0.25) is 0 Å². The summed E-state index contributed by atoms with van der Waals surface area (Å²) in [6, 6.07) is 6.99. The molecule has 0 aliphatic rings. The monoisotopic (exact) mass is 239 g/mol. The minimum absolute atomic E-state index is 0.309. The second kappa shape index (κ2) is 7.01. The highest BCUT2D eigenvalue weighted by molar-refractivity contribution is 5.89. The Morgan fingerprint density at radius 2 is 2.06 bits per heavy atom. The van der Waals surface area contributed by atoms with Gasteiger partial charge in [-0.3, -0.25) is 4.39 Å². The number of carboxylic acid groups (broad SMARTS) is 1. The number of aromatic carboxylic acids is 1. The van der Waals surface area contributed by atoms with Gasteiger partial charge in [-0.1, -0.05) is 18.2 Å². The third-order valence-electron chi connectivity index (χ3n) is 2.68. The van der Waals surface area contributed by atoms with Crippen molar-refractivity contribution in [3.05, 3.63) is 35.4 Å². The molecular formula is C13H18FNO2. The number of rotatable bonds is 7. The topological polar surface area (TPSA) is 40.5 Å². The zero-order valence-electron chi connectivity index (χ0n) is 10.0. The first-order valence-corrected chi connectivity index (χ1v) is 5.71. The van der Waals surface area contributed by atoms with E-state index in [0.29, 0.717) is 24.9 Å². The van der Waals surface area contributed by atoms with Gasteiger partial charge in [-0.05, 0) is 31.5 Å². The first-order chi connectivity index (χ1) is 8.15. The fourth-order valence-corrected chi connectivity index (χ4v) is 1.70. The van der Waals surface area contributed by atoms with Crippen molar-refractivity contribution in [3.8, 4) is 0 Å². The Bertz CT molecular complexity index is 368. The highest BCUT2D eigenvalue weighted by atomic mass is 19.1. The van der Waals surface area contributed by atoms with Gasteiger partial charge in [0.25, 0.3) is 0 Å². The quantitative estimate of drug-likeness (QED) is 0.793. The summed E-state index contributed by atoms with van der Waals surface area (Å²) < 4.78 is 12.0. The minimum atomic E-state index is -0.896. The van der Waals surface area contributed by atoms with Gasteiger partial charge in [0.15, 0.2) is 0 Å². The van der Waals surface area contributed by atoms with Crippen LogP contribution in [0.15, 0.2) is 24.3 Å². The fraction of sp³-hybridized carbons (Fsp3) is 0.462. The molecule has 0 aromatic heterocycles. The van der Waals surface area contributed by atoms with Crippen molar-refractivity contribution in [2.45, 2.75) is 12.8 Å². The average molecular weight is 239 g/mol. The normalized spacial score (nSPS) is 10.8. The van der Waals surface area contributed by atoms with Crippen molar-refractivity contribution in [1.29, 1.82) is 0 Å². The molecule has 0 spiro atoms. The first kappa shape index (κ1) is 13.6. The molecule has 0 atom stereocenters. The maximum absolute atomic E-state index is 12.0. The van der Waals surface area contributed by atoms with E-state index in [2.05, 4.69) is 0 Å². The molecule has 4 heteroatoms. The Balaban J connectivity index is 2.54. The SMILES string of the molecule is CN(CCCF)CCc1ccccc1C(=O)O. The Hall–Kier alpha value is -1.42. The summed E-state index contributed by atoms with van der Waals surface area (Å²) in [5, 5.41) is 9.01. The first-order valence-electron chi connectivity index (χ1n) is 5.71. The number of alkyl halides is 1. The zero-order chi connectivity index (χ0) is 12.7. The Kier molecular flexibility index (Phi) is 5.63. The van der Waals surface area contributed by atoms with E-state index >= 15 is 0 Å². The Morgan fingerprint density at radius 1 is 1.35 bits per heavy atom. The molecule has 1 N–H and O–H groups in total. The second-order valence-corrected chi connectivity index (χ2v) is 4.06. The number of carboxylic acids is 1. The van der Waals surface area contributed by atoms with Crippen LogP contribution in [0, 0.1) is 0 Å². The van der Waals surface area contributed by atoms with Crippen LogP contribution < -0.4 is 0 Å². The number of halogens is 1. The van der Waals surface area contributed by atoms with Crippen LogP contribution in [0.25, 0.3) is 0 Å². The van der Waals surface area contributed by atoms with E-state index in [0.717, 1.165) is 12.1 Å². The van der Waals surface area contributed by atoms with Gasteiger partial charge in [0.05, 0.1) is 12.2 Å². The summed E-state index contributed by atoms with van der Waals surface area (Å²) in [4.78, 5) is 13.0. The van der Waals surface area contributed by atoms with E-state index in [-0.39, 0.29) is 6.67 Å². The van der Waals surface area contributed by atoms with E-state index < -0.39 is 5.97 Å². The molecule has 1 rings (SSSR count). The molecule has 0 aliphatic carbocycles. The molecule has 17 heavy (non-hydrogen) atoms. The summed E-state index contributed by atoms with van der Waals surface area (Å²) in [7, 11) is 1.92. The molecule has 0 fully saturated rings. The van der Waals surface area contributed by atoms with Crippen LogP contribution in [0.4, 0.5) is 4.39 Å². The molecular weight excluding hydrogens is 221 g/mol. The van der Waals surface area contributed by atoms with E-state index in [4.69, 9.17) is 5.11 Å². The summed E-state index contributed by atoms with van der Waals surface area (Å²) in [6.07, 6.45) is 1.20. The zero-order valence-corrected chi connectivity index (χ0v) is 10.0. The lowest BCUT2D eigenvalue weighted by atomic mass is 10.0. The lowest BCUT2D eigenvalue weighted by Gasteiger charge is -2.16. The fourth-order valence-electron chi connectivity index (χ4n) is 1.70. The van der Waals surface area contributed by atoms with Gasteiger partial charge in [-0.25, -0.2) is 4.79 Å². The molecule has 0 bridgehead atoms. The van der Waals surface area contributed by atoms with Crippen LogP contribution in [0.3, 0.4) is 0 Å². The summed E-state index contributed by atoms with van der Waals surface area (Å²) >= 11 is 0. The Morgan fingerprint density at radius 3 is 2.71 bits per heavy atom. The van der Waals surface area contributed by atoms with Gasteiger partial charge < -0.3 is 10.0 Å². The molecule has 1 aromatic carbocycles. The molecule has 0 unspecified atom stereocenters. The van der Waals surface area contributed by atoms with Gasteiger partial charge in [0.1, 0.15) is 0 Å². The molecule has 0 amide bonds. The smallest absolute Gasteiger partial charge is 0.335 e. The number of nitrogens with zero attached hydrogens (tertiary/aromatic N) is 1. The predicted octanol–water partition coefficient (Wildman–Crippen LogP) is 2.22. The third-order valence-corrected chi connectivity index (χ3v) is 2.68. The van der Waals surface area contributed by atoms with E-state index in [1.54, 1.807) is 12.1 Å². The summed E-state index contributed by atoms with van der Waals surface area (Å²) in [5.74, 6) is -0.896. The molecule has 0 saturated heterocycles. The van der Waals surface area contributed by atoms with Crippen LogP contribution in [0.2, 0.25) is 0 Å². The molecule has 0 saturated carbocycles. The van der Waals surface area contributed by atoms with Crippen LogP contribution in [-0.2, 0) is 6.42 Å². The molecule has 0 heterocycles. The molecule has 0 radical (unpaired) electrons. The number of likely N-dealkylation sites (N-methyl/N-ethyl adjacent to an activating group) is 1. The number of hydrogen-bond acceptors (Lipinski definition) is 2. The summed E-state index contributed by atoms with van der Waals surface area (Å²) in [5.41, 5.74) is 1.18.